The summed E-state index contributed by atoms with van der Waals surface area (Å²) in [7, 11) is 0. The van der Waals surface area contributed by atoms with Crippen LogP contribution in [0, 0.1) is 10.8 Å². The van der Waals surface area contributed by atoms with Gasteiger partial charge in [0.2, 0.25) is 11.8 Å². The van der Waals surface area contributed by atoms with E-state index < -0.39 is 11.4 Å². The van der Waals surface area contributed by atoms with Crippen LogP contribution in [-0.4, -0.2) is 47.7 Å². The monoisotopic (exact) mass is 672 g/mol. The molecule has 2 amide bonds. The summed E-state index contributed by atoms with van der Waals surface area (Å²) in [5.74, 6) is 0.737. The normalized spacial score (nSPS) is 24.7. The van der Waals surface area contributed by atoms with Crippen molar-refractivity contribution in [2.24, 2.45) is 10.8 Å². The zero-order valence-electron chi connectivity index (χ0n) is 26.8. The first-order valence-electron chi connectivity index (χ1n) is 16.3. The Morgan fingerprint density at radius 3 is 1.96 bits per heavy atom. The summed E-state index contributed by atoms with van der Waals surface area (Å²) in [6.45, 7) is 6.36. The van der Waals surface area contributed by atoms with Crippen LogP contribution in [0.1, 0.15) is 69.4 Å². The number of ether oxygens (including phenoxy) is 1. The number of carbonyl (C=O) groups is 3. The maximum atomic E-state index is 14.4. The van der Waals surface area contributed by atoms with Crippen LogP contribution in [0.4, 0.5) is 11.4 Å². The standard InChI is InChI=1S/C38H38Cl2N2O5/c1-4-38(15-33(45)41-18-23(16-39)34-27-11-7-5-9-25(27)31(44)13-29(34)41)20-37(3,21-38)36(46)42-19-24(17-40)35-28-12-8-6-10-26(28)32(14-30(35)42)47-22(2)43/h5-14,23-24,44H,4,15-21H2,1-3H3/t23-,24-,37?,38?/m1/s1. The number of halogens is 2. The van der Waals surface area contributed by atoms with E-state index in [-0.39, 0.29) is 34.8 Å². The fraction of sp³-hybridized carbons (Fsp3) is 0.395. The van der Waals surface area contributed by atoms with Gasteiger partial charge in [0.05, 0.1) is 11.4 Å². The quantitative estimate of drug-likeness (QED) is 0.121. The predicted octanol–water partition coefficient (Wildman–Crippen LogP) is 8.25. The Hall–Kier alpha value is -3.81. The van der Waals surface area contributed by atoms with Crippen molar-refractivity contribution in [3.8, 4) is 11.5 Å². The second-order valence-electron chi connectivity index (χ2n) is 13.9. The van der Waals surface area contributed by atoms with Crippen molar-refractivity contribution in [3.05, 3.63) is 71.8 Å². The zero-order chi connectivity index (χ0) is 33.2. The van der Waals surface area contributed by atoms with E-state index in [0.29, 0.717) is 49.9 Å². The van der Waals surface area contributed by atoms with Gasteiger partial charge in [-0.15, -0.1) is 23.2 Å². The number of aromatic hydroxyl groups is 1. The van der Waals surface area contributed by atoms with E-state index in [4.69, 9.17) is 27.9 Å². The Labute approximate surface area is 284 Å². The fourth-order valence-corrected chi connectivity index (χ4v) is 9.26. The van der Waals surface area contributed by atoms with Crippen molar-refractivity contribution in [3.63, 3.8) is 0 Å². The van der Waals surface area contributed by atoms with E-state index in [1.807, 2.05) is 60.4 Å². The van der Waals surface area contributed by atoms with Crippen molar-refractivity contribution >= 4 is 73.9 Å². The van der Waals surface area contributed by atoms with Crippen LogP contribution >= 0.6 is 23.2 Å². The average molecular weight is 674 g/mol. The molecule has 0 aromatic heterocycles. The van der Waals surface area contributed by atoms with E-state index in [9.17, 15) is 19.5 Å². The van der Waals surface area contributed by atoms with Gasteiger partial charge in [0, 0.05) is 78.4 Å². The lowest BCUT2D eigenvalue weighted by Gasteiger charge is -2.54. The highest BCUT2D eigenvalue weighted by atomic mass is 35.5. The molecule has 4 aromatic carbocycles. The summed E-state index contributed by atoms with van der Waals surface area (Å²) in [4.78, 5) is 44.1. The molecule has 7 nitrogen and oxygen atoms in total. The number of benzene rings is 4. The van der Waals surface area contributed by atoms with Gasteiger partial charge in [-0.1, -0.05) is 62.4 Å². The number of carbonyl (C=O) groups excluding carboxylic acids is 3. The third-order valence-corrected chi connectivity index (χ3v) is 11.5. The summed E-state index contributed by atoms with van der Waals surface area (Å²) in [6.07, 6.45) is 2.21. The second kappa shape index (κ2) is 11.7. The molecule has 0 bridgehead atoms. The molecule has 244 valence electrons. The molecule has 9 heteroatoms. The molecule has 1 fully saturated rings. The summed E-state index contributed by atoms with van der Waals surface area (Å²) < 4.78 is 5.61. The van der Waals surface area contributed by atoms with Crippen molar-refractivity contribution in [1.82, 2.24) is 0 Å². The van der Waals surface area contributed by atoms with E-state index in [2.05, 4.69) is 6.92 Å². The molecule has 47 heavy (non-hydrogen) atoms. The number of phenols is 1. The van der Waals surface area contributed by atoms with Gasteiger partial charge in [0.25, 0.3) is 0 Å². The number of nitrogens with zero attached hydrogens (tertiary/aromatic N) is 2. The maximum absolute atomic E-state index is 14.4. The smallest absolute Gasteiger partial charge is 0.308 e. The Balaban J connectivity index is 1.15. The van der Waals surface area contributed by atoms with Gasteiger partial charge < -0.3 is 19.6 Å². The third kappa shape index (κ3) is 5.05. The molecule has 2 aliphatic heterocycles. The highest BCUT2D eigenvalue weighted by molar-refractivity contribution is 6.19. The number of amides is 2. The lowest BCUT2D eigenvalue weighted by Crippen LogP contribution is -2.55. The van der Waals surface area contributed by atoms with Crippen molar-refractivity contribution in [1.29, 1.82) is 0 Å². The number of anilines is 2. The molecule has 2 heterocycles. The average Bonchev–Trinajstić information content (AvgIpc) is 3.62. The van der Waals surface area contributed by atoms with Gasteiger partial charge in [0.15, 0.2) is 0 Å². The molecule has 2 atom stereocenters. The molecule has 4 aromatic rings. The number of phenolic OH excluding ortho intramolecular Hbond substituents is 1. The molecule has 1 aliphatic carbocycles. The number of hydrogen-bond donors (Lipinski definition) is 1. The lowest BCUT2D eigenvalue weighted by atomic mass is 9.50. The minimum absolute atomic E-state index is 0.00272. The van der Waals surface area contributed by atoms with Gasteiger partial charge in [-0.3, -0.25) is 14.4 Å². The van der Waals surface area contributed by atoms with Gasteiger partial charge in [-0.25, -0.2) is 0 Å². The van der Waals surface area contributed by atoms with Crippen LogP contribution in [0.2, 0.25) is 0 Å². The first-order chi connectivity index (χ1) is 22.5. The predicted molar refractivity (Wildman–Crippen MR) is 187 cm³/mol. The molecule has 3 aliphatic rings. The molecule has 0 radical (unpaired) electrons. The Kier molecular flexibility index (Phi) is 7.91. The van der Waals surface area contributed by atoms with Crippen molar-refractivity contribution in [2.45, 2.75) is 58.3 Å². The maximum Gasteiger partial charge on any atom is 0.308 e. The third-order valence-electron chi connectivity index (χ3n) is 10.8. The molecule has 1 N–H and O–H groups in total. The Bertz CT molecular complexity index is 1950. The number of esters is 1. The van der Waals surface area contributed by atoms with E-state index in [1.165, 1.54) is 6.92 Å². The summed E-state index contributed by atoms with van der Waals surface area (Å²) in [5, 5.41) is 14.2. The van der Waals surface area contributed by atoms with Gasteiger partial charge >= 0.3 is 5.97 Å². The van der Waals surface area contributed by atoms with Gasteiger partial charge in [0.1, 0.15) is 11.5 Å². The Morgan fingerprint density at radius 1 is 0.851 bits per heavy atom. The zero-order valence-corrected chi connectivity index (χ0v) is 28.3. The minimum Gasteiger partial charge on any atom is -0.507 e. The first kappa shape index (κ1) is 31.8. The summed E-state index contributed by atoms with van der Waals surface area (Å²) in [6, 6.07) is 18.9. The van der Waals surface area contributed by atoms with E-state index >= 15 is 0 Å². The van der Waals surface area contributed by atoms with E-state index in [1.54, 1.807) is 17.0 Å². The summed E-state index contributed by atoms with van der Waals surface area (Å²) >= 11 is 12.9. The lowest BCUT2D eigenvalue weighted by molar-refractivity contribution is -0.146. The van der Waals surface area contributed by atoms with Crippen molar-refractivity contribution in [2.75, 3.05) is 34.6 Å². The Morgan fingerprint density at radius 2 is 1.38 bits per heavy atom. The largest absolute Gasteiger partial charge is 0.507 e. The number of rotatable bonds is 7. The molecular weight excluding hydrogens is 635 g/mol. The molecule has 0 saturated heterocycles. The van der Waals surface area contributed by atoms with Crippen LogP contribution in [0.3, 0.4) is 0 Å². The highest BCUT2D eigenvalue weighted by Crippen LogP contribution is 2.61. The summed E-state index contributed by atoms with van der Waals surface area (Å²) in [5.41, 5.74) is 2.45. The topological polar surface area (TPSA) is 87.2 Å². The van der Waals surface area contributed by atoms with Crippen molar-refractivity contribution < 1.29 is 24.2 Å². The van der Waals surface area contributed by atoms with Crippen LogP contribution < -0.4 is 14.5 Å². The number of alkyl halides is 2. The van der Waals surface area contributed by atoms with E-state index in [0.717, 1.165) is 50.5 Å². The van der Waals surface area contributed by atoms with Crippen LogP contribution in [-0.2, 0) is 14.4 Å². The second-order valence-corrected chi connectivity index (χ2v) is 14.5. The molecule has 1 saturated carbocycles. The van der Waals surface area contributed by atoms with Gasteiger partial charge in [-0.2, -0.15) is 0 Å². The van der Waals surface area contributed by atoms with Gasteiger partial charge in [-0.05, 0) is 46.6 Å². The highest BCUT2D eigenvalue weighted by Gasteiger charge is 2.58. The molecule has 0 spiro atoms. The first-order valence-corrected chi connectivity index (χ1v) is 17.3. The molecular formula is C38H38Cl2N2O5. The number of hydrogen-bond acceptors (Lipinski definition) is 5. The van der Waals surface area contributed by atoms with Crippen LogP contribution in [0.5, 0.6) is 11.5 Å². The van der Waals surface area contributed by atoms with Crippen LogP contribution in [0.25, 0.3) is 21.5 Å². The van der Waals surface area contributed by atoms with Crippen LogP contribution in [0.15, 0.2) is 60.7 Å². The molecule has 0 unspecified atom stereocenters. The fourth-order valence-electron chi connectivity index (χ4n) is 8.76. The molecule has 7 rings (SSSR count). The SMILES string of the molecule is CCC1(CC(=O)N2C[C@@H](CCl)c3c2cc(O)c2ccccc32)CC(C)(C(=O)N2C[C@@H](CCl)c3c2cc(OC(C)=O)c2ccccc32)C1. The minimum atomic E-state index is -0.669. The number of fused-ring (bicyclic) bond motifs is 6.